The highest BCUT2D eigenvalue weighted by Crippen LogP contribution is 2.37. The second-order valence-corrected chi connectivity index (χ2v) is 11.7. The van der Waals surface area contributed by atoms with E-state index >= 15 is 0 Å². The monoisotopic (exact) mass is 608 g/mol. The summed E-state index contributed by atoms with van der Waals surface area (Å²) in [5.41, 5.74) is 2.35. The maximum absolute atomic E-state index is 13.7. The minimum atomic E-state index is -4.82. The number of halogens is 3. The summed E-state index contributed by atoms with van der Waals surface area (Å²) in [6.45, 7) is 10.8. The molecule has 0 aromatic heterocycles. The van der Waals surface area contributed by atoms with Crippen LogP contribution in [0.3, 0.4) is 0 Å². The molecule has 0 aliphatic carbocycles. The molecule has 0 bridgehead atoms. The molecule has 2 aromatic carbocycles. The summed E-state index contributed by atoms with van der Waals surface area (Å²) < 4.78 is 59.4. The molecule has 12 heteroatoms. The molecule has 0 fully saturated rings. The topological polar surface area (TPSA) is 94.6 Å². The Morgan fingerprint density at radius 1 is 1.05 bits per heavy atom. The first-order chi connectivity index (χ1) is 19.9. The number of carbonyl (C=O) groups is 3. The van der Waals surface area contributed by atoms with E-state index in [1.807, 2.05) is 6.92 Å². The van der Waals surface area contributed by atoms with Gasteiger partial charge in [-0.3, -0.25) is 14.5 Å². The van der Waals surface area contributed by atoms with Crippen LogP contribution >= 0.6 is 0 Å². The molecule has 3 rings (SSSR count). The summed E-state index contributed by atoms with van der Waals surface area (Å²) in [5.74, 6) is -1.04. The van der Waals surface area contributed by atoms with Crippen molar-refractivity contribution in [1.82, 2.24) is 4.90 Å². The summed E-state index contributed by atoms with van der Waals surface area (Å²) in [6, 6.07) is 6.86. The molecule has 1 aliphatic rings. The standard InChI is InChI=1S/C31H39F3N2O7/c1-18(2)21-10-9-20(15-26(21)42-31(32,33)34)17-41-25-12-11-23-22(19(25)3)13-14-36(23)28(38)24(16-27(37)40-8)35(7)29(39)43-30(4,5)6/h9-12,15,18,24H,13-14,16-17H2,1-8H3/t24-/m1/s1. The summed E-state index contributed by atoms with van der Waals surface area (Å²) in [7, 11) is 2.61. The highest BCUT2D eigenvalue weighted by molar-refractivity contribution is 6.02. The van der Waals surface area contributed by atoms with Crippen LogP contribution in [0.25, 0.3) is 0 Å². The van der Waals surface area contributed by atoms with Gasteiger partial charge in [-0.15, -0.1) is 13.2 Å². The Labute approximate surface area is 249 Å². The van der Waals surface area contributed by atoms with E-state index < -0.39 is 36.0 Å². The van der Waals surface area contributed by atoms with E-state index in [2.05, 4.69) is 4.74 Å². The summed E-state index contributed by atoms with van der Waals surface area (Å²) >= 11 is 0. The largest absolute Gasteiger partial charge is 0.573 e. The van der Waals surface area contributed by atoms with Crippen molar-refractivity contribution in [3.63, 3.8) is 0 Å². The van der Waals surface area contributed by atoms with Crippen LogP contribution in [0.4, 0.5) is 23.7 Å². The lowest BCUT2D eigenvalue weighted by atomic mass is 10.0. The molecule has 2 aromatic rings. The number of hydrogen-bond donors (Lipinski definition) is 0. The molecule has 0 spiro atoms. The SMILES string of the molecule is COC(=O)C[C@H](C(=O)N1CCc2c1ccc(OCc1ccc(C(C)C)c(OC(F)(F)F)c1)c2C)N(C)C(=O)OC(C)(C)C. The van der Waals surface area contributed by atoms with Gasteiger partial charge in [0.1, 0.15) is 29.7 Å². The van der Waals surface area contributed by atoms with E-state index in [9.17, 15) is 27.6 Å². The van der Waals surface area contributed by atoms with Gasteiger partial charge in [0.2, 0.25) is 0 Å². The molecule has 0 N–H and O–H groups in total. The molecule has 43 heavy (non-hydrogen) atoms. The molecule has 1 atom stereocenters. The molecule has 1 aliphatic heterocycles. The van der Waals surface area contributed by atoms with Crippen LogP contribution in [0, 0.1) is 6.92 Å². The number of alkyl halides is 3. The molecule has 2 amide bonds. The first kappa shape index (κ1) is 33.5. The number of amides is 2. The number of likely N-dealkylation sites (N-methyl/N-ethyl adjacent to an activating group) is 1. The molecule has 236 valence electrons. The van der Waals surface area contributed by atoms with E-state index in [4.69, 9.17) is 14.2 Å². The number of fused-ring (bicyclic) bond motifs is 1. The van der Waals surface area contributed by atoms with Crippen molar-refractivity contribution in [3.05, 3.63) is 52.6 Å². The van der Waals surface area contributed by atoms with E-state index in [0.29, 0.717) is 35.5 Å². The van der Waals surface area contributed by atoms with Gasteiger partial charge in [-0.25, -0.2) is 4.79 Å². The average molecular weight is 609 g/mol. The van der Waals surface area contributed by atoms with Gasteiger partial charge in [0.05, 0.1) is 13.5 Å². The minimum Gasteiger partial charge on any atom is -0.489 e. The number of nitrogens with zero attached hydrogens (tertiary/aromatic N) is 2. The van der Waals surface area contributed by atoms with Crippen LogP contribution in [0.1, 0.15) is 69.2 Å². The third kappa shape index (κ3) is 8.55. The van der Waals surface area contributed by atoms with Crippen molar-refractivity contribution in [2.45, 2.75) is 84.9 Å². The Balaban J connectivity index is 1.82. The number of anilines is 1. The molecule has 0 unspecified atom stereocenters. The Morgan fingerprint density at radius 3 is 2.30 bits per heavy atom. The normalized spacial score (nSPS) is 13.8. The Morgan fingerprint density at radius 2 is 1.72 bits per heavy atom. The maximum Gasteiger partial charge on any atom is 0.573 e. The van der Waals surface area contributed by atoms with Crippen LogP contribution in [0.2, 0.25) is 0 Å². The predicted molar refractivity (Wildman–Crippen MR) is 153 cm³/mol. The summed E-state index contributed by atoms with van der Waals surface area (Å²) in [4.78, 5) is 41.3. The van der Waals surface area contributed by atoms with Gasteiger partial charge in [-0.05, 0) is 80.5 Å². The first-order valence-electron chi connectivity index (χ1n) is 13.9. The molecule has 0 saturated carbocycles. The minimum absolute atomic E-state index is 0.00322. The van der Waals surface area contributed by atoms with Gasteiger partial charge in [0, 0.05) is 19.3 Å². The number of carbonyl (C=O) groups excluding carboxylic acids is 3. The van der Waals surface area contributed by atoms with E-state index in [1.165, 1.54) is 25.1 Å². The number of hydrogen-bond acceptors (Lipinski definition) is 7. The number of ether oxygens (including phenoxy) is 4. The summed E-state index contributed by atoms with van der Waals surface area (Å²) in [6.07, 6.45) is -5.43. The molecular weight excluding hydrogens is 569 g/mol. The van der Waals surface area contributed by atoms with Gasteiger partial charge in [0.25, 0.3) is 5.91 Å². The van der Waals surface area contributed by atoms with E-state index in [-0.39, 0.29) is 24.7 Å². The lowest BCUT2D eigenvalue weighted by molar-refractivity contribution is -0.275. The maximum atomic E-state index is 13.7. The van der Waals surface area contributed by atoms with Crippen LogP contribution in [0.15, 0.2) is 30.3 Å². The molecule has 1 heterocycles. The fourth-order valence-corrected chi connectivity index (χ4v) is 4.81. The highest BCUT2D eigenvalue weighted by Gasteiger charge is 2.38. The van der Waals surface area contributed by atoms with Crippen LogP contribution < -0.4 is 14.4 Å². The molecule has 0 saturated heterocycles. The van der Waals surface area contributed by atoms with Gasteiger partial charge in [-0.2, -0.15) is 0 Å². The number of esters is 1. The van der Waals surface area contributed by atoms with Crippen molar-refractivity contribution in [3.8, 4) is 11.5 Å². The zero-order chi connectivity index (χ0) is 32.3. The fourth-order valence-electron chi connectivity index (χ4n) is 4.81. The van der Waals surface area contributed by atoms with Crippen molar-refractivity contribution < 1.29 is 46.5 Å². The van der Waals surface area contributed by atoms with Crippen molar-refractivity contribution in [2.24, 2.45) is 0 Å². The quantitative estimate of drug-likeness (QED) is 0.309. The molecule has 9 nitrogen and oxygen atoms in total. The van der Waals surface area contributed by atoms with Crippen LogP contribution in [0.5, 0.6) is 11.5 Å². The van der Waals surface area contributed by atoms with E-state index in [0.717, 1.165) is 16.0 Å². The second-order valence-electron chi connectivity index (χ2n) is 11.7. The molecular formula is C31H39F3N2O7. The van der Waals surface area contributed by atoms with Crippen molar-refractivity contribution in [2.75, 3.05) is 25.6 Å². The smallest absolute Gasteiger partial charge is 0.489 e. The zero-order valence-electron chi connectivity index (χ0n) is 25.8. The Bertz CT molecular complexity index is 1350. The highest BCUT2D eigenvalue weighted by atomic mass is 19.4. The third-order valence-electron chi connectivity index (χ3n) is 7.01. The Hall–Kier alpha value is -3.96. The lowest BCUT2D eigenvalue weighted by Crippen LogP contribution is -2.51. The number of benzene rings is 2. The van der Waals surface area contributed by atoms with Crippen molar-refractivity contribution in [1.29, 1.82) is 0 Å². The van der Waals surface area contributed by atoms with Gasteiger partial charge < -0.3 is 23.8 Å². The van der Waals surface area contributed by atoms with Gasteiger partial charge in [-0.1, -0.05) is 26.0 Å². The predicted octanol–water partition coefficient (Wildman–Crippen LogP) is 6.28. The Kier molecular flexibility index (Phi) is 10.2. The third-order valence-corrected chi connectivity index (χ3v) is 7.01. The lowest BCUT2D eigenvalue weighted by Gasteiger charge is -2.32. The van der Waals surface area contributed by atoms with E-state index in [1.54, 1.807) is 58.9 Å². The van der Waals surface area contributed by atoms with Gasteiger partial charge in [0.15, 0.2) is 0 Å². The fraction of sp³-hybridized carbons (Fsp3) is 0.516. The number of methoxy groups -OCH3 is 1. The summed E-state index contributed by atoms with van der Waals surface area (Å²) in [5, 5.41) is 0. The zero-order valence-corrected chi connectivity index (χ0v) is 25.8. The number of rotatable bonds is 9. The van der Waals surface area contributed by atoms with Crippen LogP contribution in [-0.2, 0) is 32.1 Å². The second kappa shape index (κ2) is 13.1. The van der Waals surface area contributed by atoms with Gasteiger partial charge >= 0.3 is 18.4 Å². The van der Waals surface area contributed by atoms with Crippen molar-refractivity contribution >= 4 is 23.7 Å². The molecule has 0 radical (unpaired) electrons. The average Bonchev–Trinajstić information content (AvgIpc) is 3.33. The first-order valence-corrected chi connectivity index (χ1v) is 13.9. The van der Waals surface area contributed by atoms with Crippen LogP contribution in [-0.4, -0.2) is 61.6 Å².